The second-order valence-corrected chi connectivity index (χ2v) is 8.31. The molecule has 4 aromatic rings. The Morgan fingerprint density at radius 2 is 1.69 bits per heavy atom. The van der Waals surface area contributed by atoms with Crippen LogP contribution in [-0.4, -0.2) is 32.6 Å². The molecule has 3 N–H and O–H groups in total. The van der Waals surface area contributed by atoms with Gasteiger partial charge in [0.2, 0.25) is 0 Å². The maximum Gasteiger partial charge on any atom is 0.416 e. The van der Waals surface area contributed by atoms with Crippen molar-refractivity contribution in [1.82, 2.24) is 9.78 Å². The molecular weight excluding hydrogens is 444 g/mol. The number of nitrogens with zero attached hydrogens (tertiary/aromatic N) is 3. The smallest absolute Gasteiger partial charge is 0.416 e. The summed E-state index contributed by atoms with van der Waals surface area (Å²) in [6.07, 6.45) is 1.01. The summed E-state index contributed by atoms with van der Waals surface area (Å²) in [5.41, 5.74) is 8.30. The van der Waals surface area contributed by atoms with Crippen molar-refractivity contribution in [1.29, 1.82) is 0 Å². The Balaban J connectivity index is 1.63. The van der Waals surface area contributed by atoms with E-state index in [0.717, 1.165) is 27.4 Å². The number of anilines is 1. The number of para-hydroxylation sites is 1. The molecule has 0 aliphatic rings. The average molecular weight is 471 g/mol. The van der Waals surface area contributed by atoms with Crippen molar-refractivity contribution in [2.75, 3.05) is 4.90 Å². The lowest BCUT2D eigenvalue weighted by atomic mass is 10.0. The monoisotopic (exact) mass is 470 g/mol. The van der Waals surface area contributed by atoms with Gasteiger partial charge in [-0.25, -0.2) is 19.2 Å². The standard InChI is InChI=1S/C27H26N4O4/c1-19-17-21(23-15-16-30(29-23)22-11-7-4-8-12-22)13-14-24(19)31(27(2,28)25(32)33)26(34)35-18-20-9-5-3-6-10-20/h3-17H,18,28H2,1-2H3,(H,32,33). The van der Waals surface area contributed by atoms with Crippen LogP contribution in [0.3, 0.4) is 0 Å². The molecule has 1 heterocycles. The molecule has 178 valence electrons. The Hall–Kier alpha value is -4.43. The van der Waals surface area contributed by atoms with Crippen LogP contribution < -0.4 is 10.6 Å². The number of rotatable bonds is 7. The van der Waals surface area contributed by atoms with Crippen LogP contribution in [0.25, 0.3) is 16.9 Å². The lowest BCUT2D eigenvalue weighted by molar-refractivity contribution is -0.142. The van der Waals surface area contributed by atoms with Crippen LogP contribution in [0.2, 0.25) is 0 Å². The maximum atomic E-state index is 13.1. The van der Waals surface area contributed by atoms with E-state index in [1.807, 2.05) is 79.0 Å². The van der Waals surface area contributed by atoms with Gasteiger partial charge in [-0.3, -0.25) is 5.73 Å². The third-order valence-electron chi connectivity index (χ3n) is 5.63. The Kier molecular flexibility index (Phi) is 6.66. The summed E-state index contributed by atoms with van der Waals surface area (Å²) in [7, 11) is 0. The number of hydrogen-bond acceptors (Lipinski definition) is 5. The second-order valence-electron chi connectivity index (χ2n) is 8.31. The second kappa shape index (κ2) is 9.82. The fourth-order valence-electron chi connectivity index (χ4n) is 3.69. The van der Waals surface area contributed by atoms with Gasteiger partial charge in [0.15, 0.2) is 5.66 Å². The Morgan fingerprint density at radius 3 is 2.31 bits per heavy atom. The van der Waals surface area contributed by atoms with Crippen molar-refractivity contribution in [3.05, 3.63) is 102 Å². The third-order valence-corrected chi connectivity index (χ3v) is 5.63. The predicted molar refractivity (Wildman–Crippen MR) is 133 cm³/mol. The van der Waals surface area contributed by atoms with Gasteiger partial charge in [-0.15, -0.1) is 0 Å². The van der Waals surface area contributed by atoms with E-state index in [-0.39, 0.29) is 6.61 Å². The first-order chi connectivity index (χ1) is 16.8. The zero-order chi connectivity index (χ0) is 25.0. The van der Waals surface area contributed by atoms with Gasteiger partial charge in [-0.1, -0.05) is 54.6 Å². The van der Waals surface area contributed by atoms with Gasteiger partial charge >= 0.3 is 12.1 Å². The first kappa shape index (κ1) is 23.7. The largest absolute Gasteiger partial charge is 0.478 e. The van der Waals surface area contributed by atoms with Gasteiger partial charge in [0, 0.05) is 11.8 Å². The summed E-state index contributed by atoms with van der Waals surface area (Å²) in [5.74, 6) is -1.36. The van der Waals surface area contributed by atoms with Crippen molar-refractivity contribution in [3.8, 4) is 16.9 Å². The zero-order valence-electron chi connectivity index (χ0n) is 19.5. The van der Waals surface area contributed by atoms with E-state index in [1.165, 1.54) is 6.92 Å². The minimum Gasteiger partial charge on any atom is -0.478 e. The quantitative estimate of drug-likeness (QED) is 0.377. The first-order valence-corrected chi connectivity index (χ1v) is 11.0. The first-order valence-electron chi connectivity index (χ1n) is 11.0. The van der Waals surface area contributed by atoms with Crippen LogP contribution in [-0.2, 0) is 16.1 Å². The van der Waals surface area contributed by atoms with Gasteiger partial charge < -0.3 is 9.84 Å². The third kappa shape index (κ3) is 5.07. The van der Waals surface area contributed by atoms with Gasteiger partial charge in [0.25, 0.3) is 0 Å². The zero-order valence-corrected chi connectivity index (χ0v) is 19.5. The van der Waals surface area contributed by atoms with E-state index >= 15 is 0 Å². The van der Waals surface area contributed by atoms with Crippen LogP contribution >= 0.6 is 0 Å². The topological polar surface area (TPSA) is 111 Å². The highest BCUT2D eigenvalue weighted by molar-refractivity contribution is 5.98. The highest BCUT2D eigenvalue weighted by atomic mass is 16.6. The average Bonchev–Trinajstić information content (AvgIpc) is 3.35. The van der Waals surface area contributed by atoms with E-state index in [4.69, 9.17) is 10.5 Å². The Morgan fingerprint density at radius 1 is 1.03 bits per heavy atom. The highest BCUT2D eigenvalue weighted by Crippen LogP contribution is 2.30. The summed E-state index contributed by atoms with van der Waals surface area (Å²) >= 11 is 0. The van der Waals surface area contributed by atoms with Gasteiger partial charge in [-0.05, 0) is 55.3 Å². The van der Waals surface area contributed by atoms with Crippen LogP contribution in [0.1, 0.15) is 18.1 Å². The Bertz CT molecular complexity index is 1330. The molecule has 3 aromatic carbocycles. The molecule has 0 radical (unpaired) electrons. The molecule has 1 aromatic heterocycles. The lowest BCUT2D eigenvalue weighted by Gasteiger charge is -2.34. The molecule has 1 amide bonds. The highest BCUT2D eigenvalue weighted by Gasteiger charge is 2.41. The molecule has 4 rings (SSSR count). The summed E-state index contributed by atoms with van der Waals surface area (Å²) < 4.78 is 7.20. The van der Waals surface area contributed by atoms with Crippen LogP contribution in [0.4, 0.5) is 10.5 Å². The molecule has 0 fully saturated rings. The van der Waals surface area contributed by atoms with Gasteiger partial charge in [0.1, 0.15) is 6.61 Å². The van der Waals surface area contributed by atoms with Crippen molar-refractivity contribution in [2.45, 2.75) is 26.1 Å². The number of aromatic nitrogens is 2. The lowest BCUT2D eigenvalue weighted by Crippen LogP contribution is -2.62. The number of nitrogens with two attached hydrogens (primary N) is 1. The van der Waals surface area contributed by atoms with Crippen LogP contribution in [0.5, 0.6) is 0 Å². The van der Waals surface area contributed by atoms with Crippen molar-refractivity contribution in [3.63, 3.8) is 0 Å². The number of ether oxygens (including phenoxy) is 1. The molecule has 8 heteroatoms. The number of amides is 1. The maximum absolute atomic E-state index is 13.1. The van der Waals surface area contributed by atoms with Crippen LogP contribution in [0, 0.1) is 6.92 Å². The van der Waals surface area contributed by atoms with E-state index in [1.54, 1.807) is 23.7 Å². The summed E-state index contributed by atoms with van der Waals surface area (Å²) in [6.45, 7) is 3.02. The van der Waals surface area contributed by atoms with Crippen molar-refractivity contribution < 1.29 is 19.4 Å². The fourth-order valence-corrected chi connectivity index (χ4v) is 3.69. The molecule has 0 saturated heterocycles. The molecule has 0 aliphatic heterocycles. The predicted octanol–water partition coefficient (Wildman–Crippen LogP) is 4.75. The summed E-state index contributed by atoms with van der Waals surface area (Å²) in [5, 5.41) is 14.4. The normalized spacial score (nSPS) is 12.5. The minimum absolute atomic E-state index is 0.0140. The number of carboxylic acid groups (broad SMARTS) is 1. The molecule has 0 bridgehead atoms. The van der Waals surface area contributed by atoms with Crippen LogP contribution in [0.15, 0.2) is 91.1 Å². The van der Waals surface area contributed by atoms with E-state index in [9.17, 15) is 14.7 Å². The molecule has 8 nitrogen and oxygen atoms in total. The van der Waals surface area contributed by atoms with Gasteiger partial charge in [0.05, 0.1) is 17.1 Å². The van der Waals surface area contributed by atoms with E-state index in [2.05, 4.69) is 5.10 Å². The molecular formula is C27H26N4O4. The fraction of sp³-hybridized carbons (Fsp3) is 0.148. The van der Waals surface area contributed by atoms with E-state index < -0.39 is 17.7 Å². The molecule has 0 spiro atoms. The minimum atomic E-state index is -2.03. The SMILES string of the molecule is Cc1cc(-c2ccn(-c3ccccc3)n2)ccc1N(C(=O)OCc1ccccc1)C(C)(N)C(=O)O. The summed E-state index contributed by atoms with van der Waals surface area (Å²) in [4.78, 5) is 26.0. The Labute approximate surface area is 203 Å². The molecule has 35 heavy (non-hydrogen) atoms. The van der Waals surface area contributed by atoms with Gasteiger partial charge in [-0.2, -0.15) is 5.10 Å². The number of hydrogen-bond donors (Lipinski definition) is 2. The molecule has 1 unspecified atom stereocenters. The molecule has 0 aliphatic carbocycles. The van der Waals surface area contributed by atoms with Crippen molar-refractivity contribution in [2.24, 2.45) is 5.73 Å². The summed E-state index contributed by atoms with van der Waals surface area (Å²) in [6, 6.07) is 26.0. The number of carboxylic acids is 1. The number of carbonyl (C=O) groups is 2. The number of carbonyl (C=O) groups excluding carboxylic acids is 1. The van der Waals surface area contributed by atoms with Crippen molar-refractivity contribution >= 4 is 17.7 Å². The number of aryl methyl sites for hydroxylation is 1. The number of benzene rings is 3. The molecule has 0 saturated carbocycles. The number of aliphatic carboxylic acids is 1. The van der Waals surface area contributed by atoms with E-state index in [0.29, 0.717) is 11.3 Å². The molecule has 1 atom stereocenters.